The number of benzene rings is 1. The Hall–Kier alpha value is -2.31. The molecule has 1 aromatic heterocycles. The first-order valence-corrected chi connectivity index (χ1v) is 4.72. The largest absolute Gasteiger partial charge is 0.324 e. The van der Waals surface area contributed by atoms with Crippen LogP contribution >= 0.6 is 0 Å². The van der Waals surface area contributed by atoms with Gasteiger partial charge in [0.1, 0.15) is 5.69 Å². The van der Waals surface area contributed by atoms with E-state index in [9.17, 15) is 13.6 Å². The first-order valence-electron chi connectivity index (χ1n) is 4.72. The molecule has 0 spiro atoms. The first-order chi connectivity index (χ1) is 8.06. The number of H-pyrrole nitrogens is 1. The Kier molecular flexibility index (Phi) is 2.82. The molecule has 0 fully saturated rings. The lowest BCUT2D eigenvalue weighted by Crippen LogP contribution is -2.15. The minimum atomic E-state index is -0.989. The van der Waals surface area contributed by atoms with Crippen molar-refractivity contribution in [3.8, 4) is 0 Å². The number of halogens is 2. The molecular weight excluding hydrogens is 230 g/mol. The predicted octanol–water partition coefficient (Wildman–Crippen LogP) is 1.50. The van der Waals surface area contributed by atoms with Crippen LogP contribution in [-0.4, -0.2) is 15.2 Å². The van der Waals surface area contributed by atoms with Crippen LogP contribution in [0.4, 0.5) is 20.4 Å². The van der Waals surface area contributed by atoms with E-state index in [1.807, 2.05) is 0 Å². The summed E-state index contributed by atoms with van der Waals surface area (Å²) in [5.41, 5.74) is 0.0867. The van der Waals surface area contributed by atoms with Gasteiger partial charge >= 0.3 is 0 Å². The average molecular weight is 238 g/mol. The van der Waals surface area contributed by atoms with Gasteiger partial charge in [0, 0.05) is 11.8 Å². The lowest BCUT2D eigenvalue weighted by atomic mass is 10.3. The maximum absolute atomic E-state index is 12.9. The molecule has 0 radical (unpaired) electrons. The van der Waals surface area contributed by atoms with Gasteiger partial charge in [0.25, 0.3) is 5.56 Å². The van der Waals surface area contributed by atoms with Crippen molar-refractivity contribution in [3.05, 3.63) is 45.9 Å². The molecule has 0 aliphatic carbocycles. The molecule has 88 valence electrons. The Morgan fingerprint density at radius 1 is 1.24 bits per heavy atom. The van der Waals surface area contributed by atoms with E-state index in [-0.39, 0.29) is 17.3 Å². The normalized spacial score (nSPS) is 10.3. The third-order valence-electron chi connectivity index (χ3n) is 2.04. The van der Waals surface area contributed by atoms with E-state index in [2.05, 4.69) is 20.5 Å². The summed E-state index contributed by atoms with van der Waals surface area (Å²) in [6.45, 7) is 1.51. The molecule has 0 saturated heterocycles. The molecule has 0 unspecified atom stereocenters. The summed E-state index contributed by atoms with van der Waals surface area (Å²) < 4.78 is 25.6. The predicted molar refractivity (Wildman–Crippen MR) is 57.0 cm³/mol. The molecule has 2 aromatic rings. The van der Waals surface area contributed by atoms with E-state index < -0.39 is 17.2 Å². The lowest BCUT2D eigenvalue weighted by molar-refractivity contribution is 0.509. The van der Waals surface area contributed by atoms with Crippen molar-refractivity contribution in [2.45, 2.75) is 6.92 Å². The quantitative estimate of drug-likeness (QED) is 0.831. The highest BCUT2D eigenvalue weighted by Crippen LogP contribution is 2.15. The fourth-order valence-corrected chi connectivity index (χ4v) is 1.16. The Morgan fingerprint density at radius 3 is 2.65 bits per heavy atom. The minimum Gasteiger partial charge on any atom is -0.324 e. The number of hydrogen-bond donors (Lipinski definition) is 2. The van der Waals surface area contributed by atoms with Crippen LogP contribution in [0, 0.1) is 18.6 Å². The smallest absolute Gasteiger partial charge is 0.273 e. The summed E-state index contributed by atoms with van der Waals surface area (Å²) in [6, 6.07) is 3.24. The van der Waals surface area contributed by atoms with Crippen LogP contribution in [0.5, 0.6) is 0 Å². The second-order valence-corrected chi connectivity index (χ2v) is 3.34. The van der Waals surface area contributed by atoms with E-state index in [0.717, 1.165) is 12.1 Å². The third-order valence-corrected chi connectivity index (χ3v) is 2.04. The fourth-order valence-electron chi connectivity index (χ4n) is 1.16. The van der Waals surface area contributed by atoms with Crippen LogP contribution in [0.2, 0.25) is 0 Å². The Balaban J connectivity index is 2.28. The van der Waals surface area contributed by atoms with Crippen molar-refractivity contribution in [3.63, 3.8) is 0 Å². The number of rotatable bonds is 2. The molecule has 1 aromatic carbocycles. The maximum atomic E-state index is 12.9. The van der Waals surface area contributed by atoms with Crippen LogP contribution in [0.15, 0.2) is 23.0 Å². The topological polar surface area (TPSA) is 70.7 Å². The summed E-state index contributed by atoms with van der Waals surface area (Å²) >= 11 is 0. The van der Waals surface area contributed by atoms with Crippen molar-refractivity contribution in [2.75, 3.05) is 5.32 Å². The van der Waals surface area contributed by atoms with E-state index in [0.29, 0.717) is 0 Å². The highest BCUT2D eigenvalue weighted by Gasteiger charge is 2.04. The SMILES string of the molecule is Cc1nnc(Nc2ccc(F)c(F)c2)[nH]c1=O. The van der Waals surface area contributed by atoms with Crippen molar-refractivity contribution < 1.29 is 8.78 Å². The number of nitrogens with zero attached hydrogens (tertiary/aromatic N) is 2. The van der Waals surface area contributed by atoms with Gasteiger partial charge < -0.3 is 5.32 Å². The van der Waals surface area contributed by atoms with Gasteiger partial charge in [-0.1, -0.05) is 0 Å². The summed E-state index contributed by atoms with van der Waals surface area (Å²) in [5.74, 6) is -1.87. The fraction of sp³-hybridized carbons (Fsp3) is 0.100. The Morgan fingerprint density at radius 2 is 2.00 bits per heavy atom. The summed E-state index contributed by atoms with van der Waals surface area (Å²) in [4.78, 5) is 13.6. The highest BCUT2D eigenvalue weighted by atomic mass is 19.2. The lowest BCUT2D eigenvalue weighted by Gasteiger charge is -2.04. The van der Waals surface area contributed by atoms with Gasteiger partial charge in [0.05, 0.1) is 0 Å². The second kappa shape index (κ2) is 4.28. The summed E-state index contributed by atoms with van der Waals surface area (Å²) in [5, 5.41) is 9.85. The van der Waals surface area contributed by atoms with E-state index in [4.69, 9.17) is 0 Å². The second-order valence-electron chi connectivity index (χ2n) is 3.34. The van der Waals surface area contributed by atoms with Gasteiger partial charge in [-0.25, -0.2) is 8.78 Å². The van der Waals surface area contributed by atoms with Crippen molar-refractivity contribution in [1.82, 2.24) is 15.2 Å². The van der Waals surface area contributed by atoms with Crippen molar-refractivity contribution >= 4 is 11.6 Å². The number of hydrogen-bond acceptors (Lipinski definition) is 4. The third kappa shape index (κ3) is 2.44. The number of anilines is 2. The minimum absolute atomic E-state index is 0.0617. The molecule has 7 heteroatoms. The zero-order valence-corrected chi connectivity index (χ0v) is 8.79. The Labute approximate surface area is 94.5 Å². The number of aromatic amines is 1. The first kappa shape index (κ1) is 11.2. The molecule has 2 rings (SSSR count). The van der Waals surface area contributed by atoms with Gasteiger partial charge in [0.15, 0.2) is 11.6 Å². The van der Waals surface area contributed by atoms with Crippen LogP contribution in [0.3, 0.4) is 0 Å². The molecule has 0 amide bonds. The monoisotopic (exact) mass is 238 g/mol. The molecule has 17 heavy (non-hydrogen) atoms. The number of nitrogens with one attached hydrogen (secondary N) is 2. The molecule has 0 saturated carbocycles. The van der Waals surface area contributed by atoms with E-state index in [1.165, 1.54) is 13.0 Å². The van der Waals surface area contributed by atoms with Crippen molar-refractivity contribution in [2.24, 2.45) is 0 Å². The van der Waals surface area contributed by atoms with Crippen molar-refractivity contribution in [1.29, 1.82) is 0 Å². The molecule has 5 nitrogen and oxygen atoms in total. The van der Waals surface area contributed by atoms with E-state index >= 15 is 0 Å². The maximum Gasteiger partial charge on any atom is 0.273 e. The highest BCUT2D eigenvalue weighted by molar-refractivity contribution is 5.52. The molecule has 0 aliphatic rings. The molecule has 1 heterocycles. The molecule has 0 aliphatic heterocycles. The zero-order valence-electron chi connectivity index (χ0n) is 8.79. The van der Waals surface area contributed by atoms with Crippen LogP contribution < -0.4 is 10.9 Å². The van der Waals surface area contributed by atoms with Gasteiger partial charge in [0.2, 0.25) is 5.95 Å². The molecule has 0 atom stereocenters. The molecule has 0 bridgehead atoms. The van der Waals surface area contributed by atoms with Gasteiger partial charge in [-0.2, -0.15) is 0 Å². The van der Waals surface area contributed by atoms with Gasteiger partial charge in [-0.05, 0) is 19.1 Å². The zero-order chi connectivity index (χ0) is 12.4. The number of aromatic nitrogens is 3. The van der Waals surface area contributed by atoms with Crippen LogP contribution in [0.1, 0.15) is 5.69 Å². The summed E-state index contributed by atoms with van der Waals surface area (Å²) in [7, 11) is 0. The van der Waals surface area contributed by atoms with Crippen LogP contribution in [0.25, 0.3) is 0 Å². The van der Waals surface area contributed by atoms with Crippen LogP contribution in [-0.2, 0) is 0 Å². The average Bonchev–Trinajstić information content (AvgIpc) is 2.29. The van der Waals surface area contributed by atoms with E-state index in [1.54, 1.807) is 0 Å². The number of aryl methyl sites for hydroxylation is 1. The standard InChI is InChI=1S/C10H8F2N4O/c1-5-9(17)14-10(16-15-5)13-6-2-3-7(11)8(12)4-6/h2-4H,1H3,(H2,13,14,16,17). The summed E-state index contributed by atoms with van der Waals surface area (Å²) in [6.07, 6.45) is 0. The van der Waals surface area contributed by atoms with Gasteiger partial charge in [-0.3, -0.25) is 9.78 Å². The molecule has 2 N–H and O–H groups in total. The Bertz CT molecular complexity index is 611. The van der Waals surface area contributed by atoms with Gasteiger partial charge in [-0.15, -0.1) is 10.2 Å². The molecular formula is C10H8F2N4O.